The monoisotopic (exact) mass is 445 g/mol. The average Bonchev–Trinajstić information content (AvgIpc) is 3.06. The molecule has 3 aromatic rings. The summed E-state index contributed by atoms with van der Waals surface area (Å²) in [5.41, 5.74) is 3.16. The molecule has 5 nitrogen and oxygen atoms in total. The molecule has 0 spiro atoms. The van der Waals surface area contributed by atoms with Crippen molar-refractivity contribution in [1.82, 2.24) is 0 Å². The van der Waals surface area contributed by atoms with Crippen molar-refractivity contribution in [1.29, 1.82) is 0 Å². The molecule has 0 bridgehead atoms. The summed E-state index contributed by atoms with van der Waals surface area (Å²) in [6.45, 7) is 6.13. The lowest BCUT2D eigenvalue weighted by Gasteiger charge is -2.25. The molecule has 1 saturated heterocycles. The van der Waals surface area contributed by atoms with Crippen molar-refractivity contribution in [2.45, 2.75) is 26.8 Å². The van der Waals surface area contributed by atoms with Crippen molar-refractivity contribution in [2.24, 2.45) is 0 Å². The van der Waals surface area contributed by atoms with Gasteiger partial charge < -0.3 is 9.84 Å². The molecule has 0 aromatic heterocycles. The Morgan fingerprint density at radius 1 is 1.00 bits per heavy atom. The second-order valence-electron chi connectivity index (χ2n) is 7.97. The largest absolute Gasteiger partial charge is 0.507 e. The van der Waals surface area contributed by atoms with Gasteiger partial charge in [-0.05, 0) is 74.4 Å². The maximum absolute atomic E-state index is 13.6. The van der Waals surface area contributed by atoms with Gasteiger partial charge in [-0.25, -0.2) is 4.39 Å². The van der Waals surface area contributed by atoms with Crippen LogP contribution in [-0.2, 0) is 9.59 Å². The van der Waals surface area contributed by atoms with E-state index in [0.29, 0.717) is 29.2 Å². The first kappa shape index (κ1) is 22.3. The number of aliphatic hydroxyl groups is 1. The molecule has 0 radical (unpaired) electrons. The van der Waals surface area contributed by atoms with Crippen LogP contribution in [0.3, 0.4) is 0 Å². The Morgan fingerprint density at radius 3 is 2.27 bits per heavy atom. The summed E-state index contributed by atoms with van der Waals surface area (Å²) in [6.07, 6.45) is 0. The number of benzene rings is 3. The first-order valence-electron chi connectivity index (χ1n) is 10.7. The van der Waals surface area contributed by atoms with Gasteiger partial charge in [0.1, 0.15) is 17.3 Å². The number of carbonyl (C=O) groups excluding carboxylic acids is 2. The van der Waals surface area contributed by atoms with Gasteiger partial charge in [0.2, 0.25) is 0 Å². The SMILES string of the molecule is CCOc1ccc(/C(O)=C2/C(=O)C(=O)N(c3ccc(C)cc3)C2c2ccc(F)cc2)cc1C. The van der Waals surface area contributed by atoms with E-state index in [9.17, 15) is 19.1 Å². The van der Waals surface area contributed by atoms with Crippen LogP contribution in [0.4, 0.5) is 10.1 Å². The summed E-state index contributed by atoms with van der Waals surface area (Å²) >= 11 is 0. The number of amides is 1. The summed E-state index contributed by atoms with van der Waals surface area (Å²) < 4.78 is 19.2. The molecule has 6 heteroatoms. The molecule has 1 atom stereocenters. The highest BCUT2D eigenvalue weighted by Gasteiger charge is 2.47. The number of rotatable bonds is 5. The average molecular weight is 445 g/mol. The summed E-state index contributed by atoms with van der Waals surface area (Å²) in [5.74, 6) is -1.60. The maximum atomic E-state index is 13.6. The molecule has 1 aliphatic rings. The Kier molecular flexibility index (Phi) is 6.01. The van der Waals surface area contributed by atoms with Crippen LogP contribution in [0, 0.1) is 19.7 Å². The Labute approximate surface area is 191 Å². The number of anilines is 1. The van der Waals surface area contributed by atoms with Crippen LogP contribution in [0.15, 0.2) is 72.3 Å². The van der Waals surface area contributed by atoms with E-state index in [1.54, 1.807) is 30.3 Å². The fourth-order valence-corrected chi connectivity index (χ4v) is 4.03. The Bertz CT molecular complexity index is 1250. The van der Waals surface area contributed by atoms with E-state index in [1.165, 1.54) is 29.2 Å². The number of hydrogen-bond donors (Lipinski definition) is 1. The molecule has 1 N–H and O–H groups in total. The number of aliphatic hydroxyl groups excluding tert-OH is 1. The van der Waals surface area contributed by atoms with Crippen molar-refractivity contribution in [2.75, 3.05) is 11.5 Å². The van der Waals surface area contributed by atoms with E-state index in [4.69, 9.17) is 4.74 Å². The molecule has 3 aromatic carbocycles. The molecule has 4 rings (SSSR count). The lowest BCUT2D eigenvalue weighted by molar-refractivity contribution is -0.132. The topological polar surface area (TPSA) is 66.8 Å². The highest BCUT2D eigenvalue weighted by atomic mass is 19.1. The lowest BCUT2D eigenvalue weighted by atomic mass is 9.94. The van der Waals surface area contributed by atoms with E-state index in [0.717, 1.165) is 11.1 Å². The van der Waals surface area contributed by atoms with Gasteiger partial charge >= 0.3 is 0 Å². The Balaban J connectivity index is 1.90. The number of ether oxygens (including phenoxy) is 1. The number of nitrogens with zero attached hydrogens (tertiary/aromatic N) is 1. The van der Waals surface area contributed by atoms with Gasteiger partial charge in [0.25, 0.3) is 11.7 Å². The van der Waals surface area contributed by atoms with Crippen LogP contribution in [0.2, 0.25) is 0 Å². The molecule has 1 unspecified atom stereocenters. The van der Waals surface area contributed by atoms with Crippen molar-refractivity contribution < 1.29 is 23.8 Å². The van der Waals surface area contributed by atoms with Gasteiger partial charge in [-0.15, -0.1) is 0 Å². The normalized spacial score (nSPS) is 17.5. The zero-order chi connectivity index (χ0) is 23.7. The number of hydrogen-bond acceptors (Lipinski definition) is 4. The number of halogens is 1. The highest BCUT2D eigenvalue weighted by Crippen LogP contribution is 2.42. The van der Waals surface area contributed by atoms with E-state index in [1.807, 2.05) is 32.9 Å². The van der Waals surface area contributed by atoms with Crippen molar-refractivity contribution in [3.8, 4) is 5.75 Å². The minimum atomic E-state index is -0.903. The Hall–Kier alpha value is -3.93. The van der Waals surface area contributed by atoms with Gasteiger partial charge in [0.05, 0.1) is 18.2 Å². The summed E-state index contributed by atoms with van der Waals surface area (Å²) in [5, 5.41) is 11.2. The molecule has 168 valence electrons. The van der Waals surface area contributed by atoms with Crippen molar-refractivity contribution in [3.05, 3.63) is 100 Å². The maximum Gasteiger partial charge on any atom is 0.300 e. The predicted molar refractivity (Wildman–Crippen MR) is 125 cm³/mol. The lowest BCUT2D eigenvalue weighted by Crippen LogP contribution is -2.29. The van der Waals surface area contributed by atoms with Crippen LogP contribution in [0.1, 0.15) is 35.2 Å². The quantitative estimate of drug-likeness (QED) is 0.321. The molecule has 1 aliphatic heterocycles. The number of carbonyl (C=O) groups is 2. The summed E-state index contributed by atoms with van der Waals surface area (Å²) in [6, 6.07) is 16.9. The van der Waals surface area contributed by atoms with E-state index < -0.39 is 23.5 Å². The third-order valence-corrected chi connectivity index (χ3v) is 5.69. The summed E-state index contributed by atoms with van der Waals surface area (Å²) in [4.78, 5) is 27.6. The van der Waals surface area contributed by atoms with Gasteiger partial charge in [-0.3, -0.25) is 14.5 Å². The summed E-state index contributed by atoms with van der Waals surface area (Å²) in [7, 11) is 0. The number of Topliss-reactive ketones (excluding diaryl/α,β-unsaturated/α-hetero) is 1. The van der Waals surface area contributed by atoms with Crippen LogP contribution in [0.5, 0.6) is 5.75 Å². The Morgan fingerprint density at radius 2 is 1.67 bits per heavy atom. The third kappa shape index (κ3) is 4.12. The highest BCUT2D eigenvalue weighted by molar-refractivity contribution is 6.51. The van der Waals surface area contributed by atoms with Crippen molar-refractivity contribution >= 4 is 23.1 Å². The fourth-order valence-electron chi connectivity index (χ4n) is 4.03. The minimum Gasteiger partial charge on any atom is -0.507 e. The van der Waals surface area contributed by atoms with Gasteiger partial charge in [0, 0.05) is 11.3 Å². The zero-order valence-electron chi connectivity index (χ0n) is 18.6. The van der Waals surface area contributed by atoms with E-state index in [-0.39, 0.29) is 11.3 Å². The van der Waals surface area contributed by atoms with E-state index in [2.05, 4.69) is 0 Å². The van der Waals surface area contributed by atoms with Gasteiger partial charge in [-0.1, -0.05) is 29.8 Å². The fraction of sp³-hybridized carbons (Fsp3) is 0.185. The van der Waals surface area contributed by atoms with Crippen LogP contribution in [-0.4, -0.2) is 23.4 Å². The molecular weight excluding hydrogens is 421 g/mol. The zero-order valence-corrected chi connectivity index (χ0v) is 18.6. The van der Waals surface area contributed by atoms with Crippen molar-refractivity contribution in [3.63, 3.8) is 0 Å². The van der Waals surface area contributed by atoms with Gasteiger partial charge in [-0.2, -0.15) is 0 Å². The van der Waals surface area contributed by atoms with Crippen LogP contribution in [0.25, 0.3) is 5.76 Å². The number of ketones is 1. The molecule has 0 aliphatic carbocycles. The standard InChI is InChI=1S/C27H24FNO4/c1-4-33-22-14-9-19(15-17(22)3)25(30)23-24(18-7-10-20(28)11-8-18)29(27(32)26(23)31)21-12-5-16(2)6-13-21/h5-15,24,30H,4H2,1-3H3/b25-23-. The molecule has 1 amide bonds. The van der Waals surface area contributed by atoms with Crippen LogP contribution < -0.4 is 9.64 Å². The molecule has 0 saturated carbocycles. The second kappa shape index (κ2) is 8.90. The van der Waals surface area contributed by atoms with Crippen LogP contribution >= 0.6 is 0 Å². The minimum absolute atomic E-state index is 0.0456. The molecular formula is C27H24FNO4. The first-order valence-corrected chi connectivity index (χ1v) is 10.7. The first-order chi connectivity index (χ1) is 15.8. The predicted octanol–water partition coefficient (Wildman–Crippen LogP) is 5.47. The third-order valence-electron chi connectivity index (χ3n) is 5.69. The van der Waals surface area contributed by atoms with E-state index >= 15 is 0 Å². The van der Waals surface area contributed by atoms with Gasteiger partial charge in [0.15, 0.2) is 0 Å². The molecule has 33 heavy (non-hydrogen) atoms. The molecule has 1 heterocycles. The number of aryl methyl sites for hydroxylation is 2. The second-order valence-corrected chi connectivity index (χ2v) is 7.97. The smallest absolute Gasteiger partial charge is 0.300 e. The molecule has 1 fully saturated rings.